The summed E-state index contributed by atoms with van der Waals surface area (Å²) in [6, 6.07) is 1.50. The van der Waals surface area contributed by atoms with Crippen LogP contribution < -0.4 is 15.5 Å². The highest BCUT2D eigenvalue weighted by Gasteiger charge is 2.43. The Morgan fingerprint density at radius 2 is 2.19 bits per heavy atom. The lowest BCUT2D eigenvalue weighted by molar-refractivity contribution is -0.124. The molecule has 1 aliphatic carbocycles. The largest absolute Gasteiger partial charge is 0.360 e. The van der Waals surface area contributed by atoms with Crippen LogP contribution in [0, 0.1) is 11.3 Å². The first-order chi connectivity index (χ1) is 12.5. The summed E-state index contributed by atoms with van der Waals surface area (Å²) in [4.78, 5) is 15.7. The van der Waals surface area contributed by atoms with Crippen LogP contribution in [-0.4, -0.2) is 43.5 Å². The fourth-order valence-corrected chi connectivity index (χ4v) is 5.53. The van der Waals surface area contributed by atoms with E-state index in [9.17, 15) is 18.8 Å². The van der Waals surface area contributed by atoms with Crippen molar-refractivity contribution >= 4 is 22.2 Å². The zero-order valence-corrected chi connectivity index (χ0v) is 15.3. The van der Waals surface area contributed by atoms with Crippen molar-refractivity contribution in [2.24, 2.45) is 0 Å². The number of nitriles is 1. The standard InChI is InChI=1S/C18H22F2N4OS/c19-18(20)7-14(22-10-18)16(25)23-11-5-6-24(9-11)17-13(8-21)12-3-1-2-4-15(12)26-17/h11,14,22H,1-7,9-10H2,(H,23,25). The number of carbonyl (C=O) groups excluding carboxylic acids is 1. The fourth-order valence-electron chi connectivity index (χ4n) is 4.15. The van der Waals surface area contributed by atoms with Crippen molar-refractivity contribution in [3.8, 4) is 6.07 Å². The van der Waals surface area contributed by atoms with Gasteiger partial charge in [0.1, 0.15) is 11.1 Å². The third-order valence-corrected chi connectivity index (χ3v) is 6.87. The summed E-state index contributed by atoms with van der Waals surface area (Å²) in [5, 5.41) is 16.1. The van der Waals surface area contributed by atoms with Crippen molar-refractivity contribution in [2.45, 2.75) is 56.5 Å². The molecule has 8 heteroatoms. The van der Waals surface area contributed by atoms with Gasteiger partial charge in [-0.3, -0.25) is 10.1 Å². The van der Waals surface area contributed by atoms with Crippen molar-refractivity contribution in [1.29, 1.82) is 5.26 Å². The van der Waals surface area contributed by atoms with Crippen LogP contribution in [0.15, 0.2) is 0 Å². The van der Waals surface area contributed by atoms with E-state index in [4.69, 9.17) is 0 Å². The second-order valence-electron chi connectivity index (χ2n) is 7.44. The van der Waals surface area contributed by atoms with Gasteiger partial charge < -0.3 is 10.2 Å². The SMILES string of the molecule is N#Cc1c(N2CCC(NC(=O)C3CC(F)(F)CN3)C2)sc2c1CCCC2. The number of halogens is 2. The summed E-state index contributed by atoms with van der Waals surface area (Å²) >= 11 is 1.71. The van der Waals surface area contributed by atoms with Gasteiger partial charge in [-0.2, -0.15) is 5.26 Å². The molecule has 5 nitrogen and oxygen atoms in total. The third kappa shape index (κ3) is 3.30. The minimum absolute atomic E-state index is 0.0656. The molecule has 0 radical (unpaired) electrons. The lowest BCUT2D eigenvalue weighted by atomic mass is 9.96. The molecule has 3 heterocycles. The van der Waals surface area contributed by atoms with E-state index in [0.717, 1.165) is 42.8 Å². The molecule has 1 amide bonds. The monoisotopic (exact) mass is 380 g/mol. The van der Waals surface area contributed by atoms with Crippen LogP contribution in [0.3, 0.4) is 0 Å². The van der Waals surface area contributed by atoms with E-state index in [-0.39, 0.29) is 11.9 Å². The molecule has 2 N–H and O–H groups in total. The Morgan fingerprint density at radius 1 is 1.38 bits per heavy atom. The Balaban J connectivity index is 1.41. The third-order valence-electron chi connectivity index (χ3n) is 5.51. The highest BCUT2D eigenvalue weighted by Crippen LogP contribution is 2.40. The maximum atomic E-state index is 13.3. The Bertz CT molecular complexity index is 757. The van der Waals surface area contributed by atoms with Gasteiger partial charge in [-0.25, -0.2) is 8.78 Å². The van der Waals surface area contributed by atoms with Gasteiger partial charge in [0.25, 0.3) is 5.92 Å². The molecule has 0 saturated carbocycles. The van der Waals surface area contributed by atoms with E-state index >= 15 is 0 Å². The van der Waals surface area contributed by atoms with Crippen LogP contribution in [0.1, 0.15) is 41.7 Å². The lowest BCUT2D eigenvalue weighted by Crippen LogP contribution is -2.46. The van der Waals surface area contributed by atoms with Crippen LogP contribution >= 0.6 is 11.3 Å². The van der Waals surface area contributed by atoms with E-state index in [1.807, 2.05) is 0 Å². The summed E-state index contributed by atoms with van der Waals surface area (Å²) in [6.45, 7) is 0.963. The molecule has 2 aliphatic heterocycles. The number of anilines is 1. The first-order valence-electron chi connectivity index (χ1n) is 9.18. The number of hydrogen-bond acceptors (Lipinski definition) is 5. The predicted molar refractivity (Wildman–Crippen MR) is 95.8 cm³/mol. The van der Waals surface area contributed by atoms with Crippen LogP contribution in [0.25, 0.3) is 0 Å². The Morgan fingerprint density at radius 3 is 2.92 bits per heavy atom. The van der Waals surface area contributed by atoms with Gasteiger partial charge in [-0.1, -0.05) is 0 Å². The van der Waals surface area contributed by atoms with Crippen LogP contribution in [0.2, 0.25) is 0 Å². The van der Waals surface area contributed by atoms with Gasteiger partial charge in [0.2, 0.25) is 5.91 Å². The summed E-state index contributed by atoms with van der Waals surface area (Å²) < 4.78 is 26.5. The molecule has 2 atom stereocenters. The van der Waals surface area contributed by atoms with Crippen molar-refractivity contribution in [2.75, 3.05) is 24.5 Å². The minimum atomic E-state index is -2.80. The van der Waals surface area contributed by atoms with Crippen molar-refractivity contribution in [3.63, 3.8) is 0 Å². The first kappa shape index (κ1) is 17.7. The van der Waals surface area contributed by atoms with E-state index in [2.05, 4.69) is 21.6 Å². The second kappa shape index (κ2) is 6.78. The number of hydrogen-bond donors (Lipinski definition) is 2. The molecule has 2 saturated heterocycles. The molecular formula is C18H22F2N4OS. The zero-order chi connectivity index (χ0) is 18.3. The van der Waals surface area contributed by atoms with Gasteiger partial charge in [0, 0.05) is 30.4 Å². The molecule has 0 bridgehead atoms. The fraction of sp³-hybridized carbons (Fsp3) is 0.667. The molecule has 26 heavy (non-hydrogen) atoms. The van der Waals surface area contributed by atoms with Gasteiger partial charge in [-0.15, -0.1) is 11.3 Å². The average molecular weight is 380 g/mol. The van der Waals surface area contributed by atoms with Crippen molar-refractivity contribution < 1.29 is 13.6 Å². The average Bonchev–Trinajstić information content (AvgIpc) is 3.30. The highest BCUT2D eigenvalue weighted by molar-refractivity contribution is 7.16. The molecule has 2 unspecified atom stereocenters. The summed E-state index contributed by atoms with van der Waals surface area (Å²) in [5.41, 5.74) is 2.01. The number of fused-ring (bicyclic) bond motifs is 1. The number of carbonyl (C=O) groups is 1. The summed E-state index contributed by atoms with van der Waals surface area (Å²) in [5.74, 6) is -3.15. The molecule has 4 rings (SSSR count). The summed E-state index contributed by atoms with van der Waals surface area (Å²) in [6.07, 6.45) is 4.66. The number of nitrogens with one attached hydrogen (secondary N) is 2. The van der Waals surface area contributed by atoms with Gasteiger partial charge >= 0.3 is 0 Å². The number of rotatable bonds is 3. The van der Waals surface area contributed by atoms with Gasteiger partial charge in [-0.05, 0) is 37.7 Å². The normalized spacial score (nSPS) is 27.2. The number of amides is 1. The quantitative estimate of drug-likeness (QED) is 0.844. The molecule has 2 fully saturated rings. The Kier molecular flexibility index (Phi) is 4.61. The maximum Gasteiger partial charge on any atom is 0.262 e. The van der Waals surface area contributed by atoms with Gasteiger partial charge in [0.05, 0.1) is 18.2 Å². The van der Waals surface area contributed by atoms with Crippen molar-refractivity contribution in [3.05, 3.63) is 16.0 Å². The molecule has 1 aromatic heterocycles. The zero-order valence-electron chi connectivity index (χ0n) is 14.5. The Labute approximate surface area is 155 Å². The smallest absolute Gasteiger partial charge is 0.262 e. The lowest BCUT2D eigenvalue weighted by Gasteiger charge is -2.19. The topological polar surface area (TPSA) is 68.2 Å². The highest BCUT2D eigenvalue weighted by atomic mass is 32.1. The number of thiophene rings is 1. The molecule has 1 aromatic rings. The maximum absolute atomic E-state index is 13.3. The molecule has 0 spiro atoms. The number of alkyl halides is 2. The number of nitrogens with zero attached hydrogens (tertiary/aromatic N) is 2. The Hall–Kier alpha value is -1.72. The van der Waals surface area contributed by atoms with Crippen LogP contribution in [0.4, 0.5) is 13.8 Å². The minimum Gasteiger partial charge on any atom is -0.360 e. The van der Waals surface area contributed by atoms with Crippen molar-refractivity contribution in [1.82, 2.24) is 10.6 Å². The first-order valence-corrected chi connectivity index (χ1v) is 10.00. The van der Waals surface area contributed by atoms with E-state index in [1.54, 1.807) is 11.3 Å². The molecular weight excluding hydrogens is 358 g/mol. The summed E-state index contributed by atoms with van der Waals surface area (Å²) in [7, 11) is 0. The second-order valence-corrected chi connectivity index (χ2v) is 8.52. The van der Waals surface area contributed by atoms with E-state index < -0.39 is 24.9 Å². The number of aryl methyl sites for hydroxylation is 1. The molecule has 0 aromatic carbocycles. The predicted octanol–water partition coefficient (Wildman–Crippen LogP) is 2.19. The van der Waals surface area contributed by atoms with E-state index in [0.29, 0.717) is 6.54 Å². The molecule has 140 valence electrons. The molecule has 3 aliphatic rings. The van der Waals surface area contributed by atoms with E-state index in [1.165, 1.54) is 16.9 Å². The van der Waals surface area contributed by atoms with Gasteiger partial charge in [0.15, 0.2) is 0 Å². The van der Waals surface area contributed by atoms with Crippen LogP contribution in [0.5, 0.6) is 0 Å². The van der Waals surface area contributed by atoms with Crippen LogP contribution in [-0.2, 0) is 17.6 Å².